The van der Waals surface area contributed by atoms with Crippen LogP contribution < -0.4 is 3.93 Å². The summed E-state index contributed by atoms with van der Waals surface area (Å²) in [6, 6.07) is 6.05. The lowest BCUT2D eigenvalue weighted by Gasteiger charge is -2.11. The van der Waals surface area contributed by atoms with Crippen molar-refractivity contribution in [2.24, 2.45) is 0 Å². The van der Waals surface area contributed by atoms with Gasteiger partial charge in [0.25, 0.3) is 0 Å². The van der Waals surface area contributed by atoms with Crippen molar-refractivity contribution in [3.8, 4) is 0 Å². The number of carbonyl (C=O) groups is 1. The summed E-state index contributed by atoms with van der Waals surface area (Å²) in [5.41, 5.74) is 0.227. The van der Waals surface area contributed by atoms with Gasteiger partial charge in [0.15, 0.2) is 0 Å². The number of hydrogen-bond donors (Lipinski definition) is 0. The van der Waals surface area contributed by atoms with Crippen LogP contribution in [0.3, 0.4) is 0 Å². The van der Waals surface area contributed by atoms with Crippen LogP contribution in [-0.2, 0) is 4.79 Å². The highest BCUT2D eigenvalue weighted by atomic mass is 79.9. The topological polar surface area (TPSA) is 20.3 Å². The molecule has 1 aromatic carbocycles. The lowest BCUT2D eigenvalue weighted by Crippen LogP contribution is -2.16. The Morgan fingerprint density at radius 1 is 1.50 bits per heavy atom. The molecule has 2 nitrogen and oxygen atoms in total. The molecule has 12 heavy (non-hydrogen) atoms. The molecule has 1 rings (SSSR count). The average Bonchev–Trinajstić information content (AvgIpc) is 2.04. The maximum Gasteiger partial charge on any atom is 0.234 e. The van der Waals surface area contributed by atoms with Crippen LogP contribution in [0.25, 0.3) is 0 Å². The van der Waals surface area contributed by atoms with Crippen molar-refractivity contribution in [2.75, 3.05) is 3.93 Å². The van der Waals surface area contributed by atoms with E-state index < -0.39 is 5.82 Å². The number of halogens is 2. The summed E-state index contributed by atoms with van der Waals surface area (Å²) in [6.07, 6.45) is 0. The highest BCUT2D eigenvalue weighted by Crippen LogP contribution is 2.21. The third-order valence-corrected chi connectivity index (χ3v) is 2.22. The van der Waals surface area contributed by atoms with Gasteiger partial charge in [0.1, 0.15) is 5.82 Å². The maximum absolute atomic E-state index is 13.0. The van der Waals surface area contributed by atoms with E-state index in [2.05, 4.69) is 16.1 Å². The zero-order valence-electron chi connectivity index (χ0n) is 6.42. The molecule has 64 valence electrons. The summed E-state index contributed by atoms with van der Waals surface area (Å²) < 4.78 is 14.1. The molecule has 0 spiro atoms. The molecule has 0 radical (unpaired) electrons. The first-order chi connectivity index (χ1) is 5.63. The molecular formula is C8H7BrFNO. The monoisotopic (exact) mass is 231 g/mol. The third kappa shape index (κ3) is 1.82. The van der Waals surface area contributed by atoms with Crippen LogP contribution in [0.15, 0.2) is 24.3 Å². The van der Waals surface area contributed by atoms with Gasteiger partial charge in [-0.25, -0.2) is 8.32 Å². The van der Waals surface area contributed by atoms with Gasteiger partial charge in [0.05, 0.1) is 21.8 Å². The molecule has 0 fully saturated rings. The molecule has 0 aliphatic heterocycles. The van der Waals surface area contributed by atoms with Crippen LogP contribution in [0.2, 0.25) is 0 Å². The van der Waals surface area contributed by atoms with Gasteiger partial charge >= 0.3 is 0 Å². The molecule has 0 aromatic heterocycles. The first kappa shape index (κ1) is 9.19. The van der Waals surface area contributed by atoms with E-state index >= 15 is 0 Å². The normalized spacial score (nSPS) is 9.58. The Bertz CT molecular complexity index is 303. The summed E-state index contributed by atoms with van der Waals surface area (Å²) in [5.74, 6) is -0.690. The van der Waals surface area contributed by atoms with Gasteiger partial charge in [-0.05, 0) is 12.1 Å². The number of hydrogen-bond acceptors (Lipinski definition) is 1. The number of amides is 1. The minimum Gasteiger partial charge on any atom is -0.274 e. The number of para-hydroxylation sites is 1. The molecule has 0 unspecified atom stereocenters. The largest absolute Gasteiger partial charge is 0.274 e. The number of rotatable bonds is 1. The van der Waals surface area contributed by atoms with Crippen molar-refractivity contribution in [2.45, 2.75) is 6.92 Å². The van der Waals surface area contributed by atoms with Crippen LogP contribution in [0.4, 0.5) is 10.1 Å². The van der Waals surface area contributed by atoms with Crippen molar-refractivity contribution < 1.29 is 9.18 Å². The van der Waals surface area contributed by atoms with E-state index in [0.717, 1.165) is 3.93 Å². The van der Waals surface area contributed by atoms with Gasteiger partial charge < -0.3 is 0 Å². The van der Waals surface area contributed by atoms with E-state index in [1.165, 1.54) is 19.1 Å². The Morgan fingerprint density at radius 3 is 2.58 bits per heavy atom. The molecule has 0 N–H and O–H groups in total. The molecular weight excluding hydrogens is 225 g/mol. The zero-order valence-corrected chi connectivity index (χ0v) is 8.01. The fraction of sp³-hybridized carbons (Fsp3) is 0.125. The van der Waals surface area contributed by atoms with E-state index in [9.17, 15) is 9.18 Å². The van der Waals surface area contributed by atoms with Gasteiger partial charge in [-0.2, -0.15) is 0 Å². The quantitative estimate of drug-likeness (QED) is 0.681. The Labute approximate surface area is 78.3 Å². The van der Waals surface area contributed by atoms with Crippen LogP contribution in [-0.4, -0.2) is 5.91 Å². The van der Waals surface area contributed by atoms with E-state index in [4.69, 9.17) is 0 Å². The summed E-state index contributed by atoms with van der Waals surface area (Å²) >= 11 is 2.94. The molecule has 0 bridgehead atoms. The standard InChI is InChI=1S/C8H7BrFNO/c1-6(12)11(9)8-5-3-2-4-7(8)10/h2-5H,1H3. The molecule has 4 heteroatoms. The second-order valence-electron chi connectivity index (χ2n) is 2.25. The number of anilines is 1. The Balaban J connectivity index is 3.02. The van der Waals surface area contributed by atoms with Gasteiger partial charge in [-0.3, -0.25) is 4.79 Å². The maximum atomic E-state index is 13.0. The van der Waals surface area contributed by atoms with E-state index in [1.54, 1.807) is 12.1 Å². The van der Waals surface area contributed by atoms with Crippen molar-refractivity contribution in [1.29, 1.82) is 0 Å². The summed E-state index contributed by atoms with van der Waals surface area (Å²) in [5, 5.41) is 0. The molecule has 1 aromatic rings. The minimum atomic E-state index is -0.426. The molecule has 0 saturated heterocycles. The van der Waals surface area contributed by atoms with Gasteiger partial charge in [-0.15, -0.1) is 0 Å². The SMILES string of the molecule is CC(=O)N(Br)c1ccccc1F. The van der Waals surface area contributed by atoms with Gasteiger partial charge in [0.2, 0.25) is 5.91 Å². The number of nitrogens with zero attached hydrogens (tertiary/aromatic N) is 1. The average molecular weight is 232 g/mol. The second kappa shape index (κ2) is 3.67. The van der Waals surface area contributed by atoms with Crippen molar-refractivity contribution >= 4 is 27.7 Å². The summed E-state index contributed by atoms with van der Waals surface area (Å²) in [7, 11) is 0. The zero-order chi connectivity index (χ0) is 9.14. The van der Waals surface area contributed by atoms with E-state index in [0.29, 0.717) is 0 Å². The van der Waals surface area contributed by atoms with Crippen LogP contribution in [0.1, 0.15) is 6.92 Å². The molecule has 1 amide bonds. The fourth-order valence-electron chi connectivity index (χ4n) is 0.781. The number of carbonyl (C=O) groups excluding carboxylic acids is 1. The van der Waals surface area contributed by atoms with Gasteiger partial charge in [-0.1, -0.05) is 12.1 Å². The van der Waals surface area contributed by atoms with Crippen molar-refractivity contribution in [3.05, 3.63) is 30.1 Å². The first-order valence-electron chi connectivity index (χ1n) is 3.34. The molecule has 0 heterocycles. The Hall–Kier alpha value is -0.900. The lowest BCUT2D eigenvalue weighted by molar-refractivity contribution is -0.115. The Morgan fingerprint density at radius 2 is 2.08 bits per heavy atom. The predicted octanol–water partition coefficient (Wildman–Crippen LogP) is 2.49. The first-order valence-corrected chi connectivity index (χ1v) is 4.05. The lowest BCUT2D eigenvalue weighted by atomic mass is 10.3. The Kier molecular flexibility index (Phi) is 2.81. The van der Waals surface area contributed by atoms with Crippen LogP contribution in [0.5, 0.6) is 0 Å². The van der Waals surface area contributed by atoms with Crippen LogP contribution in [0, 0.1) is 5.82 Å². The highest BCUT2D eigenvalue weighted by molar-refractivity contribution is 9.10. The molecule has 0 saturated carbocycles. The van der Waals surface area contributed by atoms with E-state index in [1.807, 2.05) is 0 Å². The summed E-state index contributed by atoms with van der Waals surface area (Å²) in [4.78, 5) is 10.8. The molecule has 0 atom stereocenters. The minimum absolute atomic E-state index is 0.227. The van der Waals surface area contributed by atoms with Crippen molar-refractivity contribution in [1.82, 2.24) is 0 Å². The van der Waals surface area contributed by atoms with Gasteiger partial charge in [0, 0.05) is 6.92 Å². The second-order valence-corrected chi connectivity index (χ2v) is 2.96. The summed E-state index contributed by atoms with van der Waals surface area (Å²) in [6.45, 7) is 1.35. The fourth-order valence-corrected chi connectivity index (χ4v) is 1.07. The molecule has 0 aliphatic rings. The number of benzene rings is 1. The van der Waals surface area contributed by atoms with E-state index in [-0.39, 0.29) is 11.6 Å². The van der Waals surface area contributed by atoms with Crippen LogP contribution >= 0.6 is 16.1 Å². The smallest absolute Gasteiger partial charge is 0.234 e. The highest BCUT2D eigenvalue weighted by Gasteiger charge is 2.10. The third-order valence-electron chi connectivity index (χ3n) is 1.34. The predicted molar refractivity (Wildman–Crippen MR) is 48.5 cm³/mol. The van der Waals surface area contributed by atoms with Crippen molar-refractivity contribution in [3.63, 3.8) is 0 Å². The molecule has 0 aliphatic carbocycles.